The Balaban J connectivity index is 2.36. The first kappa shape index (κ1) is 13.1. The van der Waals surface area contributed by atoms with E-state index in [9.17, 15) is 4.79 Å². The topological polar surface area (TPSA) is 49.3 Å². The standard InChI is InChI=1S/C12H17ClN4O/c1-4-16-7-9(8(2)3)17(12(16)18)10-5-6-14-11(13)15-10/h5-6,8-9H,4,7H2,1-3H3/t9-/m1/s1. The fourth-order valence-corrected chi connectivity index (χ4v) is 2.32. The normalized spacial score (nSPS) is 20.1. The van der Waals surface area contributed by atoms with Gasteiger partial charge in [0.05, 0.1) is 6.04 Å². The van der Waals surface area contributed by atoms with Crippen LogP contribution in [-0.4, -0.2) is 40.0 Å². The summed E-state index contributed by atoms with van der Waals surface area (Å²) in [5.41, 5.74) is 0. The summed E-state index contributed by atoms with van der Waals surface area (Å²) < 4.78 is 0. The van der Waals surface area contributed by atoms with Crippen molar-refractivity contribution in [2.24, 2.45) is 5.92 Å². The van der Waals surface area contributed by atoms with Gasteiger partial charge in [0.25, 0.3) is 0 Å². The Morgan fingerprint density at radius 2 is 2.28 bits per heavy atom. The Kier molecular flexibility index (Phi) is 3.71. The summed E-state index contributed by atoms with van der Waals surface area (Å²) in [6, 6.07) is 1.84. The van der Waals surface area contributed by atoms with Gasteiger partial charge in [-0.15, -0.1) is 0 Å². The lowest BCUT2D eigenvalue weighted by Gasteiger charge is -2.24. The van der Waals surface area contributed by atoms with Crippen LogP contribution in [0.1, 0.15) is 20.8 Å². The van der Waals surface area contributed by atoms with Crippen molar-refractivity contribution in [1.82, 2.24) is 14.9 Å². The number of likely N-dealkylation sites (N-methyl/N-ethyl adjacent to an activating group) is 1. The van der Waals surface area contributed by atoms with Crippen LogP contribution < -0.4 is 4.90 Å². The molecule has 1 fully saturated rings. The van der Waals surface area contributed by atoms with Gasteiger partial charge in [0.1, 0.15) is 5.82 Å². The van der Waals surface area contributed by atoms with Gasteiger partial charge in [0.2, 0.25) is 5.28 Å². The van der Waals surface area contributed by atoms with E-state index < -0.39 is 0 Å². The van der Waals surface area contributed by atoms with Crippen LogP contribution in [0.5, 0.6) is 0 Å². The number of hydrogen-bond donors (Lipinski definition) is 0. The summed E-state index contributed by atoms with van der Waals surface area (Å²) >= 11 is 5.79. The molecule has 0 bridgehead atoms. The average molecular weight is 269 g/mol. The van der Waals surface area contributed by atoms with Crippen molar-refractivity contribution < 1.29 is 4.79 Å². The largest absolute Gasteiger partial charge is 0.326 e. The van der Waals surface area contributed by atoms with Gasteiger partial charge in [0.15, 0.2) is 0 Å². The number of aromatic nitrogens is 2. The molecule has 98 valence electrons. The van der Waals surface area contributed by atoms with Crippen molar-refractivity contribution in [3.8, 4) is 0 Å². The molecule has 1 saturated heterocycles. The van der Waals surface area contributed by atoms with Gasteiger partial charge in [-0.05, 0) is 30.5 Å². The Morgan fingerprint density at radius 3 is 2.83 bits per heavy atom. The molecular weight excluding hydrogens is 252 g/mol. The number of carbonyl (C=O) groups excluding carboxylic acids is 1. The van der Waals surface area contributed by atoms with Gasteiger partial charge in [-0.1, -0.05) is 13.8 Å². The lowest BCUT2D eigenvalue weighted by atomic mass is 10.0. The molecule has 6 heteroatoms. The summed E-state index contributed by atoms with van der Waals surface area (Å²) in [5.74, 6) is 0.939. The maximum Gasteiger partial charge on any atom is 0.326 e. The molecule has 0 unspecified atom stereocenters. The first-order valence-corrected chi connectivity index (χ1v) is 6.49. The maximum absolute atomic E-state index is 12.3. The Bertz CT molecular complexity index is 451. The smallest absolute Gasteiger partial charge is 0.322 e. The monoisotopic (exact) mass is 268 g/mol. The fourth-order valence-electron chi connectivity index (χ4n) is 2.18. The fraction of sp³-hybridized carbons (Fsp3) is 0.583. The summed E-state index contributed by atoms with van der Waals surface area (Å²) in [4.78, 5) is 23.8. The Morgan fingerprint density at radius 1 is 1.56 bits per heavy atom. The minimum absolute atomic E-state index is 0.00836. The lowest BCUT2D eigenvalue weighted by molar-refractivity contribution is 0.222. The second kappa shape index (κ2) is 5.10. The molecular formula is C12H17ClN4O. The summed E-state index contributed by atoms with van der Waals surface area (Å²) in [6.07, 6.45) is 1.57. The molecule has 1 aromatic rings. The van der Waals surface area contributed by atoms with E-state index in [1.54, 1.807) is 17.2 Å². The number of halogens is 1. The Hall–Kier alpha value is -1.36. The van der Waals surface area contributed by atoms with Crippen molar-refractivity contribution in [1.29, 1.82) is 0 Å². The van der Waals surface area contributed by atoms with Crippen molar-refractivity contribution in [2.45, 2.75) is 26.8 Å². The molecule has 2 heterocycles. The molecule has 1 atom stereocenters. The van der Waals surface area contributed by atoms with Gasteiger partial charge in [0, 0.05) is 19.3 Å². The first-order chi connectivity index (χ1) is 8.54. The highest BCUT2D eigenvalue weighted by atomic mass is 35.5. The second-order valence-corrected chi connectivity index (χ2v) is 5.02. The van der Waals surface area contributed by atoms with Crippen LogP contribution in [0, 0.1) is 5.92 Å². The maximum atomic E-state index is 12.3. The minimum Gasteiger partial charge on any atom is -0.322 e. The van der Waals surface area contributed by atoms with Gasteiger partial charge in [-0.2, -0.15) is 0 Å². The van der Waals surface area contributed by atoms with Gasteiger partial charge in [-0.25, -0.2) is 14.8 Å². The molecule has 2 amide bonds. The molecule has 0 saturated carbocycles. The number of anilines is 1. The van der Waals surface area contributed by atoms with E-state index in [1.165, 1.54) is 0 Å². The van der Waals surface area contributed by atoms with Crippen LogP contribution >= 0.6 is 11.6 Å². The number of carbonyl (C=O) groups is 1. The van der Waals surface area contributed by atoms with Gasteiger partial charge < -0.3 is 4.90 Å². The number of amides is 2. The highest BCUT2D eigenvalue weighted by Crippen LogP contribution is 2.27. The SMILES string of the molecule is CCN1C[C@H](C(C)C)N(c2ccnc(Cl)n2)C1=O. The molecule has 0 aromatic carbocycles. The molecule has 1 aromatic heterocycles. The second-order valence-electron chi connectivity index (χ2n) is 4.69. The van der Waals surface area contributed by atoms with Crippen LogP contribution in [0.4, 0.5) is 10.6 Å². The highest BCUT2D eigenvalue weighted by Gasteiger charge is 2.39. The molecule has 1 aliphatic rings. The number of rotatable bonds is 3. The third-order valence-electron chi connectivity index (χ3n) is 3.23. The van der Waals surface area contributed by atoms with E-state index in [-0.39, 0.29) is 17.4 Å². The van der Waals surface area contributed by atoms with Crippen molar-refractivity contribution >= 4 is 23.4 Å². The molecule has 0 N–H and O–H groups in total. The van der Waals surface area contributed by atoms with Crippen molar-refractivity contribution in [3.05, 3.63) is 17.5 Å². The van der Waals surface area contributed by atoms with Crippen molar-refractivity contribution in [3.63, 3.8) is 0 Å². The van der Waals surface area contributed by atoms with Gasteiger partial charge >= 0.3 is 6.03 Å². The highest BCUT2D eigenvalue weighted by molar-refractivity contribution is 6.28. The molecule has 5 nitrogen and oxygen atoms in total. The first-order valence-electron chi connectivity index (χ1n) is 6.11. The number of hydrogen-bond acceptors (Lipinski definition) is 3. The van der Waals surface area contributed by atoms with Gasteiger partial charge in [-0.3, -0.25) is 4.90 Å². The molecule has 0 spiro atoms. The van der Waals surface area contributed by atoms with E-state index in [0.717, 1.165) is 6.54 Å². The summed E-state index contributed by atoms with van der Waals surface area (Å²) in [5, 5.41) is 0.165. The predicted octanol–water partition coefficient (Wildman–Crippen LogP) is 2.42. The van der Waals surface area contributed by atoms with Crippen LogP contribution in [0.25, 0.3) is 0 Å². The Labute approximate surface area is 112 Å². The van der Waals surface area contributed by atoms with Crippen molar-refractivity contribution in [2.75, 3.05) is 18.0 Å². The van der Waals surface area contributed by atoms with E-state index in [2.05, 4.69) is 23.8 Å². The van der Waals surface area contributed by atoms with E-state index in [0.29, 0.717) is 18.3 Å². The predicted molar refractivity (Wildman–Crippen MR) is 70.8 cm³/mol. The molecule has 0 radical (unpaired) electrons. The zero-order chi connectivity index (χ0) is 13.3. The quantitative estimate of drug-likeness (QED) is 0.791. The van der Waals surface area contributed by atoms with Crippen LogP contribution in [0.3, 0.4) is 0 Å². The van der Waals surface area contributed by atoms with E-state index >= 15 is 0 Å². The van der Waals surface area contributed by atoms with Crippen LogP contribution in [0.15, 0.2) is 12.3 Å². The van der Waals surface area contributed by atoms with Crippen LogP contribution in [0.2, 0.25) is 5.28 Å². The lowest BCUT2D eigenvalue weighted by Crippen LogP contribution is -2.38. The van der Waals surface area contributed by atoms with E-state index in [1.807, 2.05) is 11.8 Å². The molecule has 1 aliphatic heterocycles. The minimum atomic E-state index is -0.00836. The average Bonchev–Trinajstić information content (AvgIpc) is 2.66. The number of urea groups is 1. The zero-order valence-electron chi connectivity index (χ0n) is 10.8. The van der Waals surface area contributed by atoms with Crippen LogP contribution in [-0.2, 0) is 0 Å². The molecule has 0 aliphatic carbocycles. The summed E-state index contributed by atoms with van der Waals surface area (Å²) in [6.45, 7) is 7.62. The third kappa shape index (κ3) is 2.27. The van der Waals surface area contributed by atoms with E-state index in [4.69, 9.17) is 11.6 Å². The summed E-state index contributed by atoms with van der Waals surface area (Å²) in [7, 11) is 0. The third-order valence-corrected chi connectivity index (χ3v) is 3.41. The molecule has 18 heavy (non-hydrogen) atoms. The zero-order valence-corrected chi connectivity index (χ0v) is 11.6. The number of nitrogens with zero attached hydrogens (tertiary/aromatic N) is 4. The molecule has 2 rings (SSSR count).